The molecule has 2 N–H and O–H groups in total. The number of carbonyl (C=O) groups is 1. The van der Waals surface area contributed by atoms with Crippen molar-refractivity contribution in [3.8, 4) is 0 Å². The zero-order valence-corrected chi connectivity index (χ0v) is 8.68. The van der Waals surface area contributed by atoms with Crippen molar-refractivity contribution in [3.63, 3.8) is 0 Å². The second-order valence-electron chi connectivity index (χ2n) is 3.75. The molecule has 0 atom stereocenters. The van der Waals surface area contributed by atoms with Gasteiger partial charge in [-0.25, -0.2) is 4.79 Å². The molecule has 1 aromatic carbocycles. The molecule has 17 heavy (non-hydrogen) atoms. The largest absolute Gasteiger partial charge is 0.478 e. The number of carboxylic acids is 1. The van der Waals surface area contributed by atoms with E-state index < -0.39 is 5.97 Å². The molecule has 2 aromatic heterocycles. The van der Waals surface area contributed by atoms with Gasteiger partial charge in [0.15, 0.2) is 0 Å². The highest BCUT2D eigenvalue weighted by Gasteiger charge is 2.08. The maximum atomic E-state index is 11.7. The average molecular weight is 228 g/mol. The van der Waals surface area contributed by atoms with Crippen molar-refractivity contribution in [3.05, 3.63) is 52.4 Å². The maximum Gasteiger partial charge on any atom is 0.335 e. The van der Waals surface area contributed by atoms with Crippen LogP contribution in [0.1, 0.15) is 10.4 Å². The van der Waals surface area contributed by atoms with E-state index in [0.717, 1.165) is 0 Å². The minimum Gasteiger partial charge on any atom is -0.478 e. The quantitative estimate of drug-likeness (QED) is 0.662. The molecule has 3 aromatic rings. The van der Waals surface area contributed by atoms with Gasteiger partial charge in [0.1, 0.15) is 5.52 Å². The lowest BCUT2D eigenvalue weighted by Gasteiger charge is -2.03. The van der Waals surface area contributed by atoms with Gasteiger partial charge >= 0.3 is 5.97 Å². The topological polar surface area (TPSA) is 74.6 Å². The number of aromatic amines is 1. The zero-order valence-electron chi connectivity index (χ0n) is 8.68. The third-order valence-electron chi connectivity index (χ3n) is 2.73. The molecule has 0 aliphatic carbocycles. The molecule has 0 unspecified atom stereocenters. The van der Waals surface area contributed by atoms with Crippen LogP contribution in [0.5, 0.6) is 0 Å². The second kappa shape index (κ2) is 3.21. The molecule has 0 aliphatic rings. The van der Waals surface area contributed by atoms with Crippen LogP contribution in [0.3, 0.4) is 0 Å². The number of nitrogens with zero attached hydrogens (tertiary/aromatic N) is 1. The third-order valence-corrected chi connectivity index (χ3v) is 2.73. The molecule has 0 saturated carbocycles. The van der Waals surface area contributed by atoms with E-state index in [2.05, 4.69) is 4.98 Å². The summed E-state index contributed by atoms with van der Waals surface area (Å²) in [4.78, 5) is 25.3. The van der Waals surface area contributed by atoms with Gasteiger partial charge in [0.05, 0.1) is 16.6 Å². The lowest BCUT2D eigenvalue weighted by Crippen LogP contribution is -2.10. The molecule has 84 valence electrons. The Morgan fingerprint density at radius 1 is 1.24 bits per heavy atom. The van der Waals surface area contributed by atoms with Crippen LogP contribution >= 0.6 is 0 Å². The molecular formula is C12H8N2O3. The van der Waals surface area contributed by atoms with Crippen molar-refractivity contribution < 1.29 is 9.90 Å². The fourth-order valence-corrected chi connectivity index (χ4v) is 1.93. The number of H-pyrrole nitrogens is 1. The van der Waals surface area contributed by atoms with E-state index in [-0.39, 0.29) is 11.1 Å². The molecule has 3 rings (SSSR count). The standard InChI is InChI=1S/C12H8N2O3/c15-11-9-2-1-5-14(9)10-6-7(12(16)17)3-4-8(10)13-11/h1-6H,(H,13,15)(H,16,17). The molecule has 0 amide bonds. The fraction of sp³-hybridized carbons (Fsp3) is 0. The van der Waals surface area contributed by atoms with Gasteiger partial charge < -0.3 is 14.5 Å². The van der Waals surface area contributed by atoms with Gasteiger partial charge in [-0.15, -0.1) is 0 Å². The van der Waals surface area contributed by atoms with Crippen LogP contribution in [0.2, 0.25) is 0 Å². The van der Waals surface area contributed by atoms with E-state index in [0.29, 0.717) is 16.6 Å². The molecule has 2 heterocycles. The van der Waals surface area contributed by atoms with E-state index >= 15 is 0 Å². The summed E-state index contributed by atoms with van der Waals surface area (Å²) in [6, 6.07) is 8.04. The van der Waals surface area contributed by atoms with Crippen molar-refractivity contribution in [2.24, 2.45) is 0 Å². The van der Waals surface area contributed by atoms with E-state index in [1.54, 1.807) is 34.9 Å². The smallest absolute Gasteiger partial charge is 0.335 e. The molecule has 0 aliphatic heterocycles. The highest BCUT2D eigenvalue weighted by molar-refractivity contribution is 5.92. The Morgan fingerprint density at radius 3 is 2.82 bits per heavy atom. The van der Waals surface area contributed by atoms with Gasteiger partial charge in [-0.3, -0.25) is 4.79 Å². The molecule has 5 nitrogen and oxygen atoms in total. The van der Waals surface area contributed by atoms with E-state index in [4.69, 9.17) is 5.11 Å². The first kappa shape index (κ1) is 9.65. The number of aromatic carboxylic acids is 1. The highest BCUT2D eigenvalue weighted by atomic mass is 16.4. The van der Waals surface area contributed by atoms with Crippen molar-refractivity contribution in [2.45, 2.75) is 0 Å². The predicted molar refractivity (Wildman–Crippen MR) is 62.5 cm³/mol. The van der Waals surface area contributed by atoms with Crippen molar-refractivity contribution in [1.82, 2.24) is 9.38 Å². The molecule has 0 radical (unpaired) electrons. The molecule has 5 heteroatoms. The Labute approximate surface area is 94.9 Å². The summed E-state index contributed by atoms with van der Waals surface area (Å²) in [5.74, 6) is -0.988. The number of rotatable bonds is 1. The summed E-state index contributed by atoms with van der Waals surface area (Å²) in [7, 11) is 0. The van der Waals surface area contributed by atoms with Crippen LogP contribution in [-0.2, 0) is 0 Å². The van der Waals surface area contributed by atoms with E-state index in [1.807, 2.05) is 0 Å². The average Bonchev–Trinajstić information content (AvgIpc) is 2.78. The van der Waals surface area contributed by atoms with Crippen LogP contribution in [0.25, 0.3) is 16.6 Å². The van der Waals surface area contributed by atoms with Gasteiger partial charge in [0, 0.05) is 6.20 Å². The number of benzene rings is 1. The Morgan fingerprint density at radius 2 is 2.06 bits per heavy atom. The summed E-state index contributed by atoms with van der Waals surface area (Å²) >= 11 is 0. The van der Waals surface area contributed by atoms with Crippen LogP contribution in [0.4, 0.5) is 0 Å². The summed E-state index contributed by atoms with van der Waals surface area (Å²) in [6.45, 7) is 0. The van der Waals surface area contributed by atoms with Gasteiger partial charge in [-0.05, 0) is 30.3 Å². The predicted octanol–water partition coefficient (Wildman–Crippen LogP) is 1.48. The Bertz CT molecular complexity index is 798. The molecular weight excluding hydrogens is 220 g/mol. The Balaban J connectivity index is 2.53. The number of hydrogen-bond donors (Lipinski definition) is 2. The zero-order chi connectivity index (χ0) is 12.0. The van der Waals surface area contributed by atoms with Crippen molar-refractivity contribution in [2.75, 3.05) is 0 Å². The van der Waals surface area contributed by atoms with Gasteiger partial charge in [0.25, 0.3) is 5.56 Å². The number of nitrogens with one attached hydrogen (secondary N) is 1. The van der Waals surface area contributed by atoms with Gasteiger partial charge in [-0.2, -0.15) is 0 Å². The first-order valence-corrected chi connectivity index (χ1v) is 5.03. The maximum absolute atomic E-state index is 11.7. The van der Waals surface area contributed by atoms with Gasteiger partial charge in [-0.1, -0.05) is 0 Å². The lowest BCUT2D eigenvalue weighted by molar-refractivity contribution is 0.0697. The first-order chi connectivity index (χ1) is 8.16. The highest BCUT2D eigenvalue weighted by Crippen LogP contribution is 2.14. The lowest BCUT2D eigenvalue weighted by atomic mass is 10.2. The van der Waals surface area contributed by atoms with Crippen LogP contribution in [-0.4, -0.2) is 20.5 Å². The summed E-state index contributed by atoms with van der Waals surface area (Å²) in [5, 5.41) is 8.94. The molecule has 0 saturated heterocycles. The van der Waals surface area contributed by atoms with Gasteiger partial charge in [0.2, 0.25) is 0 Å². The molecule has 0 fully saturated rings. The third kappa shape index (κ3) is 1.32. The van der Waals surface area contributed by atoms with Crippen molar-refractivity contribution >= 4 is 22.5 Å². The van der Waals surface area contributed by atoms with Crippen LogP contribution in [0.15, 0.2) is 41.3 Å². The van der Waals surface area contributed by atoms with Crippen LogP contribution in [0, 0.1) is 0 Å². The summed E-state index contributed by atoms with van der Waals surface area (Å²) < 4.78 is 1.68. The second-order valence-corrected chi connectivity index (χ2v) is 3.75. The Hall–Kier alpha value is -2.56. The SMILES string of the molecule is O=C(O)c1ccc2[nH]c(=O)c3cccn3c2c1. The van der Waals surface area contributed by atoms with E-state index in [1.165, 1.54) is 6.07 Å². The Kier molecular flexibility index (Phi) is 1.82. The fourth-order valence-electron chi connectivity index (χ4n) is 1.93. The number of fused-ring (bicyclic) bond motifs is 3. The molecule has 0 bridgehead atoms. The minimum atomic E-state index is -0.988. The monoisotopic (exact) mass is 228 g/mol. The molecule has 0 spiro atoms. The van der Waals surface area contributed by atoms with Crippen molar-refractivity contribution in [1.29, 1.82) is 0 Å². The normalized spacial score (nSPS) is 11.1. The minimum absolute atomic E-state index is 0.189. The number of hydrogen-bond acceptors (Lipinski definition) is 2. The number of carboxylic acid groups (broad SMARTS) is 1. The summed E-state index contributed by atoms with van der Waals surface area (Å²) in [5.41, 5.74) is 1.79. The summed E-state index contributed by atoms with van der Waals surface area (Å²) in [6.07, 6.45) is 1.73. The number of aromatic nitrogens is 2. The van der Waals surface area contributed by atoms with Crippen LogP contribution < -0.4 is 5.56 Å². The first-order valence-electron chi connectivity index (χ1n) is 5.03. The van der Waals surface area contributed by atoms with E-state index in [9.17, 15) is 9.59 Å².